The maximum atomic E-state index is 12.8. The second-order valence-electron chi connectivity index (χ2n) is 10.6. The zero-order valence-corrected chi connectivity index (χ0v) is 26.1. The van der Waals surface area contributed by atoms with E-state index in [2.05, 4.69) is 25.1 Å². The number of nitrogens with zero attached hydrogens (tertiary/aromatic N) is 5. The van der Waals surface area contributed by atoms with Gasteiger partial charge in [-0.05, 0) is 60.2 Å². The Morgan fingerprint density at radius 2 is 1.78 bits per heavy atom. The molecule has 3 aromatic carbocycles. The van der Waals surface area contributed by atoms with E-state index in [1.165, 1.54) is 51.9 Å². The van der Waals surface area contributed by atoms with Gasteiger partial charge in [0.05, 0.1) is 24.2 Å². The lowest BCUT2D eigenvalue weighted by molar-refractivity contribution is -0.274. The largest absolute Gasteiger partial charge is 0.573 e. The van der Waals surface area contributed by atoms with Crippen LogP contribution >= 0.6 is 11.8 Å². The third kappa shape index (κ3) is 8.05. The first-order valence-electron chi connectivity index (χ1n) is 14.4. The molecule has 46 heavy (non-hydrogen) atoms. The molecule has 0 atom stereocenters. The minimum atomic E-state index is -4.76. The number of halogens is 3. The van der Waals surface area contributed by atoms with Crippen LogP contribution in [0.25, 0.3) is 17.1 Å². The fraction of sp³-hybridized carbons (Fsp3) is 0.281. The standard InChI is InChI=1S/C32H31F3N6O4S/c1-20(2)26-15-14-25(44-3)17-27(26)41-28(42)18-46-31(41)38-30(43)36-16-4-5-21-6-8-22(9-7-21)29-37-19-40(39-29)23-10-12-24(13-11-23)45-32(33,34)35/h6-15,17,19-20H,4-5,16,18H2,1-3H3,(H,36,43)/b38-31-. The SMILES string of the molecule is COc1ccc(C(C)C)c(N2C(=O)CS/C2=N\C(=O)NCCCc2ccc(-c3ncn(-c4ccc(OC(F)(F)F)cc4)n3)cc2)c1. The number of aromatic nitrogens is 3. The van der Waals surface area contributed by atoms with Gasteiger partial charge in [0.25, 0.3) is 0 Å². The Labute approximate surface area is 267 Å². The number of aryl methyl sites for hydroxylation is 1. The molecule has 0 bridgehead atoms. The number of hydrogen-bond donors (Lipinski definition) is 1. The van der Waals surface area contributed by atoms with Crippen molar-refractivity contribution in [3.8, 4) is 28.6 Å². The summed E-state index contributed by atoms with van der Waals surface area (Å²) in [7, 11) is 1.56. The van der Waals surface area contributed by atoms with Gasteiger partial charge in [-0.3, -0.25) is 9.69 Å². The Morgan fingerprint density at radius 3 is 2.46 bits per heavy atom. The van der Waals surface area contributed by atoms with Crippen LogP contribution in [0.4, 0.5) is 23.7 Å². The molecule has 240 valence electrons. The number of amides is 3. The summed E-state index contributed by atoms with van der Waals surface area (Å²) >= 11 is 1.22. The van der Waals surface area contributed by atoms with Crippen molar-refractivity contribution in [1.29, 1.82) is 0 Å². The van der Waals surface area contributed by atoms with Crippen molar-refractivity contribution in [2.24, 2.45) is 4.99 Å². The summed E-state index contributed by atoms with van der Waals surface area (Å²) in [5, 5.41) is 7.56. The van der Waals surface area contributed by atoms with Crippen molar-refractivity contribution < 1.29 is 32.2 Å². The molecule has 0 saturated carbocycles. The molecule has 14 heteroatoms. The number of urea groups is 1. The third-order valence-corrected chi connectivity index (χ3v) is 7.94. The molecule has 1 aromatic heterocycles. The maximum Gasteiger partial charge on any atom is 0.573 e. The number of alkyl halides is 3. The topological polar surface area (TPSA) is 111 Å². The lowest BCUT2D eigenvalue weighted by atomic mass is 10.00. The number of nitrogens with one attached hydrogen (secondary N) is 1. The van der Waals surface area contributed by atoms with Gasteiger partial charge in [0.2, 0.25) is 5.91 Å². The van der Waals surface area contributed by atoms with Crippen LogP contribution in [0, 0.1) is 0 Å². The smallest absolute Gasteiger partial charge is 0.497 e. The number of carbonyl (C=O) groups is 2. The fourth-order valence-electron chi connectivity index (χ4n) is 4.77. The zero-order chi connectivity index (χ0) is 32.8. The zero-order valence-electron chi connectivity index (χ0n) is 25.2. The first-order valence-corrected chi connectivity index (χ1v) is 15.4. The number of amidine groups is 1. The van der Waals surface area contributed by atoms with Crippen LogP contribution in [0.3, 0.4) is 0 Å². The number of rotatable bonds is 10. The van der Waals surface area contributed by atoms with E-state index in [0.29, 0.717) is 47.5 Å². The minimum Gasteiger partial charge on any atom is -0.497 e. The molecule has 5 rings (SSSR count). The van der Waals surface area contributed by atoms with Gasteiger partial charge in [0.1, 0.15) is 17.8 Å². The molecule has 1 aliphatic heterocycles. The first-order chi connectivity index (χ1) is 22.0. The first kappa shape index (κ1) is 32.5. The van der Waals surface area contributed by atoms with Crippen molar-refractivity contribution in [2.45, 2.75) is 39.0 Å². The van der Waals surface area contributed by atoms with Crippen molar-refractivity contribution in [3.05, 3.63) is 84.2 Å². The monoisotopic (exact) mass is 652 g/mol. The number of anilines is 1. The van der Waals surface area contributed by atoms with Gasteiger partial charge in [-0.25, -0.2) is 14.5 Å². The molecule has 0 unspecified atom stereocenters. The molecular weight excluding hydrogens is 621 g/mol. The van der Waals surface area contributed by atoms with Crippen LogP contribution in [0.1, 0.15) is 37.3 Å². The predicted octanol–water partition coefficient (Wildman–Crippen LogP) is 6.74. The van der Waals surface area contributed by atoms with E-state index in [1.807, 2.05) is 50.2 Å². The molecule has 10 nitrogen and oxygen atoms in total. The molecule has 0 radical (unpaired) electrons. The summed E-state index contributed by atoms with van der Waals surface area (Å²) in [6.45, 7) is 4.46. The molecule has 4 aromatic rings. The lowest BCUT2D eigenvalue weighted by Gasteiger charge is -2.22. The Hall–Kier alpha value is -4.85. The van der Waals surface area contributed by atoms with Gasteiger partial charge >= 0.3 is 12.4 Å². The van der Waals surface area contributed by atoms with E-state index in [4.69, 9.17) is 4.74 Å². The summed E-state index contributed by atoms with van der Waals surface area (Å²) < 4.78 is 47.9. The summed E-state index contributed by atoms with van der Waals surface area (Å²) in [4.78, 5) is 35.5. The normalized spacial score (nSPS) is 14.3. The average molecular weight is 653 g/mol. The van der Waals surface area contributed by atoms with E-state index in [0.717, 1.165) is 16.7 Å². The summed E-state index contributed by atoms with van der Waals surface area (Å²) in [5.74, 6) is 0.944. The molecule has 0 aliphatic carbocycles. The van der Waals surface area contributed by atoms with Gasteiger partial charge in [-0.2, -0.15) is 4.99 Å². The average Bonchev–Trinajstić information content (AvgIpc) is 3.66. The number of methoxy groups -OCH3 is 1. The van der Waals surface area contributed by atoms with Crippen molar-refractivity contribution in [3.63, 3.8) is 0 Å². The van der Waals surface area contributed by atoms with Gasteiger partial charge in [-0.1, -0.05) is 55.9 Å². The highest BCUT2D eigenvalue weighted by Gasteiger charge is 2.33. The fourth-order valence-corrected chi connectivity index (χ4v) is 5.63. The van der Waals surface area contributed by atoms with Crippen LogP contribution in [-0.4, -0.2) is 57.6 Å². The van der Waals surface area contributed by atoms with Crippen LogP contribution < -0.4 is 19.7 Å². The number of hydrogen-bond acceptors (Lipinski definition) is 7. The molecule has 1 fully saturated rings. The van der Waals surface area contributed by atoms with Gasteiger partial charge in [0, 0.05) is 18.2 Å². The quantitative estimate of drug-likeness (QED) is 0.189. The Bertz CT molecular complexity index is 1720. The number of aliphatic imine (C=N–C) groups is 1. The van der Waals surface area contributed by atoms with Crippen molar-refractivity contribution >= 4 is 34.6 Å². The highest BCUT2D eigenvalue weighted by atomic mass is 32.2. The van der Waals surface area contributed by atoms with E-state index < -0.39 is 12.4 Å². The molecular formula is C32H31F3N6O4S. The second-order valence-corrected chi connectivity index (χ2v) is 11.5. The Kier molecular flexibility index (Phi) is 9.95. The van der Waals surface area contributed by atoms with Crippen LogP contribution in [0.5, 0.6) is 11.5 Å². The highest BCUT2D eigenvalue weighted by molar-refractivity contribution is 8.15. The summed E-state index contributed by atoms with van der Waals surface area (Å²) in [6, 6.07) is 18.0. The molecule has 2 heterocycles. The predicted molar refractivity (Wildman–Crippen MR) is 170 cm³/mol. The number of carbonyl (C=O) groups excluding carboxylic acids is 2. The van der Waals surface area contributed by atoms with Crippen LogP contribution in [0.15, 0.2) is 78.0 Å². The minimum absolute atomic E-state index is 0.147. The molecule has 3 amide bonds. The molecule has 1 saturated heterocycles. The highest BCUT2D eigenvalue weighted by Crippen LogP contribution is 2.36. The number of benzene rings is 3. The Balaban J connectivity index is 1.14. The summed E-state index contributed by atoms with van der Waals surface area (Å²) in [5.41, 5.74) is 3.96. The van der Waals surface area contributed by atoms with E-state index in [9.17, 15) is 22.8 Å². The second kappa shape index (κ2) is 14.1. The molecule has 1 N–H and O–H groups in total. The molecule has 0 spiro atoms. The van der Waals surface area contributed by atoms with E-state index in [-0.39, 0.29) is 23.3 Å². The number of ether oxygens (including phenoxy) is 2. The Morgan fingerprint density at radius 1 is 1.07 bits per heavy atom. The van der Waals surface area contributed by atoms with Crippen molar-refractivity contribution in [2.75, 3.05) is 24.3 Å². The van der Waals surface area contributed by atoms with E-state index in [1.54, 1.807) is 13.2 Å². The lowest BCUT2D eigenvalue weighted by Crippen LogP contribution is -2.32. The van der Waals surface area contributed by atoms with Crippen LogP contribution in [-0.2, 0) is 11.2 Å². The number of thioether (sulfide) groups is 1. The van der Waals surface area contributed by atoms with Crippen molar-refractivity contribution in [1.82, 2.24) is 20.1 Å². The van der Waals surface area contributed by atoms with Gasteiger partial charge in [0.15, 0.2) is 11.0 Å². The summed E-state index contributed by atoms with van der Waals surface area (Å²) in [6.07, 6.45) is -1.91. The van der Waals surface area contributed by atoms with Gasteiger partial charge < -0.3 is 14.8 Å². The van der Waals surface area contributed by atoms with Gasteiger partial charge in [-0.15, -0.1) is 18.3 Å². The maximum absolute atomic E-state index is 12.8. The van der Waals surface area contributed by atoms with Crippen LogP contribution in [0.2, 0.25) is 0 Å². The molecule has 1 aliphatic rings. The third-order valence-electron chi connectivity index (χ3n) is 7.02. The van der Waals surface area contributed by atoms with E-state index >= 15 is 0 Å².